The highest BCUT2D eigenvalue weighted by atomic mass is 19.4. The smallest absolute Gasteiger partial charge is 0.251 e. The van der Waals surface area contributed by atoms with Crippen molar-refractivity contribution in [3.05, 3.63) is 36.2 Å². The fourth-order valence-electron chi connectivity index (χ4n) is 0.874. The normalized spacial score (nSPS) is 12.2. The topological polar surface area (TPSA) is 173 Å². The van der Waals surface area contributed by atoms with Crippen molar-refractivity contribution < 1.29 is 27.9 Å². The standard InChI is InChI=1S/C3F3N7O6/c4-2(5,6)1-7-9-10(8-1)3(11(14)15,12(16)17)13(18)19. The predicted octanol–water partition coefficient (Wildman–Crippen LogP) is -0.910. The van der Waals surface area contributed by atoms with Crippen LogP contribution in [0.3, 0.4) is 0 Å². The molecule has 0 bridgehead atoms. The van der Waals surface area contributed by atoms with Crippen molar-refractivity contribution in [2.45, 2.75) is 12.1 Å². The molecule has 0 saturated heterocycles. The van der Waals surface area contributed by atoms with Crippen molar-refractivity contribution in [3.8, 4) is 0 Å². The van der Waals surface area contributed by atoms with Gasteiger partial charge in [0.2, 0.25) is 14.8 Å². The van der Waals surface area contributed by atoms with Crippen LogP contribution in [-0.2, 0) is 12.1 Å². The Balaban J connectivity index is 3.51. The van der Waals surface area contributed by atoms with Gasteiger partial charge >= 0.3 is 12.1 Å². The molecule has 0 aliphatic carbocycles. The minimum Gasteiger partial charge on any atom is -0.251 e. The van der Waals surface area contributed by atoms with Crippen LogP contribution in [0.5, 0.6) is 0 Å². The second kappa shape index (κ2) is 4.07. The van der Waals surface area contributed by atoms with Gasteiger partial charge in [0, 0.05) is 0 Å². The summed E-state index contributed by atoms with van der Waals surface area (Å²) in [6.07, 6.45) is -5.23. The molecule has 0 unspecified atom stereocenters. The van der Waals surface area contributed by atoms with Crippen molar-refractivity contribution in [3.63, 3.8) is 0 Å². The molecule has 0 aliphatic rings. The van der Waals surface area contributed by atoms with Crippen molar-refractivity contribution in [2.75, 3.05) is 0 Å². The summed E-state index contributed by atoms with van der Waals surface area (Å²) in [4.78, 5) is 24.3. The molecule has 19 heavy (non-hydrogen) atoms. The lowest BCUT2D eigenvalue weighted by atomic mass is 10.6. The van der Waals surface area contributed by atoms with Crippen LogP contribution in [-0.4, -0.2) is 35.0 Å². The van der Waals surface area contributed by atoms with Gasteiger partial charge in [0.1, 0.15) is 0 Å². The average Bonchev–Trinajstić information content (AvgIpc) is 2.65. The van der Waals surface area contributed by atoms with E-state index < -0.39 is 37.5 Å². The summed E-state index contributed by atoms with van der Waals surface area (Å²) < 4.78 is 36.3. The largest absolute Gasteiger partial charge is 0.837 e. The Hall–Kier alpha value is -2.94. The molecule has 0 N–H and O–H groups in total. The minimum atomic E-state index is -5.23. The highest BCUT2D eigenvalue weighted by molar-refractivity contribution is 4.83. The number of halogens is 3. The van der Waals surface area contributed by atoms with Crippen molar-refractivity contribution >= 4 is 0 Å². The number of alkyl halides is 3. The molecule has 0 spiro atoms. The van der Waals surface area contributed by atoms with Crippen LogP contribution in [0.15, 0.2) is 0 Å². The van der Waals surface area contributed by atoms with Crippen molar-refractivity contribution in [1.29, 1.82) is 0 Å². The van der Waals surface area contributed by atoms with Crippen LogP contribution >= 0.6 is 0 Å². The number of hydrogen-bond donors (Lipinski definition) is 0. The van der Waals surface area contributed by atoms with Gasteiger partial charge in [-0.25, -0.2) is 0 Å². The second-order valence-corrected chi connectivity index (χ2v) is 2.77. The molecule has 1 aromatic rings. The van der Waals surface area contributed by atoms with E-state index in [0.717, 1.165) is 0 Å². The molecule has 1 rings (SSSR count). The van der Waals surface area contributed by atoms with Crippen LogP contribution in [0, 0.1) is 30.3 Å². The van der Waals surface area contributed by atoms with Crippen LogP contribution in [0.2, 0.25) is 0 Å². The van der Waals surface area contributed by atoms with E-state index in [0.29, 0.717) is 0 Å². The Kier molecular flexibility index (Phi) is 3.02. The summed E-state index contributed by atoms with van der Waals surface area (Å²) in [5, 5.41) is 38.3. The lowest BCUT2D eigenvalue weighted by molar-refractivity contribution is -1.01. The average molecular weight is 287 g/mol. The SMILES string of the molecule is O=[N+]([O-])C(n1nnc(C(F)(F)F)n1)([N+](=O)[O-])[N+](=O)[O-]. The lowest BCUT2D eigenvalue weighted by Crippen LogP contribution is -2.56. The van der Waals surface area contributed by atoms with Crippen LogP contribution < -0.4 is 0 Å². The first-order valence-corrected chi connectivity index (χ1v) is 3.85. The maximum atomic E-state index is 12.1. The number of hydrogen-bond acceptors (Lipinski definition) is 9. The van der Waals surface area contributed by atoms with E-state index in [1.165, 1.54) is 0 Å². The van der Waals surface area contributed by atoms with E-state index in [9.17, 15) is 43.5 Å². The highest BCUT2D eigenvalue weighted by Crippen LogP contribution is 2.26. The molecule has 0 aromatic carbocycles. The monoisotopic (exact) mass is 287 g/mol. The number of rotatable bonds is 4. The molecule has 0 atom stereocenters. The number of aromatic nitrogens is 4. The molecule has 1 heterocycles. The molecule has 13 nitrogen and oxygen atoms in total. The fourth-order valence-corrected chi connectivity index (χ4v) is 0.874. The van der Waals surface area contributed by atoms with Gasteiger partial charge in [-0.3, -0.25) is 30.3 Å². The first kappa shape index (κ1) is 14.1. The summed E-state index contributed by atoms with van der Waals surface area (Å²) in [6.45, 7) is 0. The maximum Gasteiger partial charge on any atom is 0.837 e. The van der Waals surface area contributed by atoms with E-state index in [-0.39, 0.29) is 0 Å². The minimum absolute atomic E-state index is 0.935. The van der Waals surface area contributed by atoms with Gasteiger partial charge in [-0.05, 0) is 5.21 Å². The molecular weight excluding hydrogens is 287 g/mol. The third-order valence-electron chi connectivity index (χ3n) is 1.67. The van der Waals surface area contributed by atoms with Crippen molar-refractivity contribution in [2.24, 2.45) is 0 Å². The van der Waals surface area contributed by atoms with Gasteiger partial charge in [-0.2, -0.15) is 13.2 Å². The molecule has 104 valence electrons. The summed E-state index contributed by atoms with van der Waals surface area (Å²) in [5.74, 6) is -6.52. The Morgan fingerprint density at radius 1 is 1.00 bits per heavy atom. The highest BCUT2D eigenvalue weighted by Gasteiger charge is 2.77. The zero-order chi connectivity index (χ0) is 15.0. The maximum absolute atomic E-state index is 12.1. The summed E-state index contributed by atoms with van der Waals surface area (Å²) in [6, 6.07) is 0. The predicted molar refractivity (Wildman–Crippen MR) is 41.8 cm³/mol. The molecule has 0 fully saturated rings. The Morgan fingerprint density at radius 3 is 1.68 bits per heavy atom. The van der Waals surface area contributed by atoms with Gasteiger partial charge < -0.3 is 0 Å². The first-order chi connectivity index (χ1) is 8.54. The third kappa shape index (κ3) is 1.98. The van der Waals surface area contributed by atoms with E-state index in [4.69, 9.17) is 0 Å². The Bertz CT molecular complexity index is 514. The Morgan fingerprint density at radius 2 is 1.42 bits per heavy atom. The first-order valence-electron chi connectivity index (χ1n) is 3.85. The van der Waals surface area contributed by atoms with Gasteiger partial charge in [-0.1, -0.05) is 0 Å². The number of tetrazole rings is 1. The number of nitrogens with zero attached hydrogens (tertiary/aromatic N) is 7. The molecule has 0 aliphatic heterocycles. The van der Waals surface area contributed by atoms with E-state index >= 15 is 0 Å². The molecular formula is C3F3N7O6. The fraction of sp³-hybridized carbons (Fsp3) is 0.667. The van der Waals surface area contributed by atoms with E-state index in [2.05, 4.69) is 15.4 Å². The summed E-state index contributed by atoms with van der Waals surface area (Å²) in [7, 11) is 0. The number of nitro groups is 3. The molecule has 0 radical (unpaired) electrons. The summed E-state index contributed by atoms with van der Waals surface area (Å²) >= 11 is 0. The lowest BCUT2D eigenvalue weighted by Gasteiger charge is -2.05. The van der Waals surface area contributed by atoms with Crippen molar-refractivity contribution in [1.82, 2.24) is 20.2 Å². The second-order valence-electron chi connectivity index (χ2n) is 2.77. The Labute approximate surface area is 97.6 Å². The van der Waals surface area contributed by atoms with Crippen LogP contribution in [0.1, 0.15) is 5.82 Å². The zero-order valence-corrected chi connectivity index (χ0v) is 8.21. The molecule has 0 saturated carbocycles. The molecule has 0 amide bonds. The zero-order valence-electron chi connectivity index (χ0n) is 8.21. The van der Waals surface area contributed by atoms with Gasteiger partial charge in [0.15, 0.2) is 0 Å². The molecule has 1 aromatic heterocycles. The van der Waals surface area contributed by atoms with Crippen LogP contribution in [0.25, 0.3) is 0 Å². The van der Waals surface area contributed by atoms with E-state index in [1.807, 2.05) is 0 Å². The van der Waals surface area contributed by atoms with E-state index in [1.54, 1.807) is 0 Å². The van der Waals surface area contributed by atoms with Gasteiger partial charge in [0.25, 0.3) is 5.82 Å². The van der Waals surface area contributed by atoms with Gasteiger partial charge in [0.05, 0.1) is 4.80 Å². The quantitative estimate of drug-likeness (QED) is 0.385. The van der Waals surface area contributed by atoms with Crippen LogP contribution in [0.4, 0.5) is 13.2 Å². The molecule has 16 heteroatoms. The summed E-state index contributed by atoms with van der Waals surface area (Å²) in [5.41, 5.74) is 0. The third-order valence-corrected chi connectivity index (χ3v) is 1.67. The van der Waals surface area contributed by atoms with Gasteiger partial charge in [-0.15, -0.1) is 10.2 Å².